The topological polar surface area (TPSA) is 72.2 Å². The third kappa shape index (κ3) is 2.58. The number of aromatic nitrogens is 2. The van der Waals surface area contributed by atoms with Crippen LogP contribution in [0.5, 0.6) is 0 Å². The predicted molar refractivity (Wildman–Crippen MR) is 73.1 cm³/mol. The molecule has 2 heterocycles. The maximum absolute atomic E-state index is 11.9. The summed E-state index contributed by atoms with van der Waals surface area (Å²) in [6.07, 6.45) is 1.38. The van der Waals surface area contributed by atoms with Gasteiger partial charge >= 0.3 is 5.97 Å². The van der Waals surface area contributed by atoms with Gasteiger partial charge in [-0.2, -0.15) is 0 Å². The molecule has 0 aliphatic carbocycles. The molecule has 2 aromatic heterocycles. The average molecular weight is 278 g/mol. The van der Waals surface area contributed by atoms with Crippen LogP contribution in [0.15, 0.2) is 23.1 Å². The first-order valence-corrected chi connectivity index (χ1v) is 6.61. The SMILES string of the molecule is Cc1nc(C)c(C(C)n2cc(C(=O)O)ccc2=O)s1. The highest BCUT2D eigenvalue weighted by Gasteiger charge is 2.17. The van der Waals surface area contributed by atoms with E-state index in [0.29, 0.717) is 0 Å². The van der Waals surface area contributed by atoms with Gasteiger partial charge in [-0.3, -0.25) is 4.79 Å². The Morgan fingerprint density at radius 1 is 1.42 bits per heavy atom. The molecule has 0 fully saturated rings. The van der Waals surface area contributed by atoms with Crippen LogP contribution in [0.2, 0.25) is 0 Å². The molecular formula is C13H14N2O3S. The molecule has 0 aliphatic rings. The lowest BCUT2D eigenvalue weighted by atomic mass is 10.2. The van der Waals surface area contributed by atoms with Crippen LogP contribution >= 0.6 is 11.3 Å². The third-order valence-electron chi connectivity index (χ3n) is 2.92. The molecule has 1 atom stereocenters. The highest BCUT2D eigenvalue weighted by molar-refractivity contribution is 7.11. The number of carboxylic acids is 1. The molecule has 6 heteroatoms. The van der Waals surface area contributed by atoms with Gasteiger partial charge in [0.2, 0.25) is 0 Å². The van der Waals surface area contributed by atoms with Crippen LogP contribution in [0.25, 0.3) is 0 Å². The van der Waals surface area contributed by atoms with E-state index in [4.69, 9.17) is 5.11 Å². The summed E-state index contributed by atoms with van der Waals surface area (Å²) < 4.78 is 1.43. The zero-order valence-corrected chi connectivity index (χ0v) is 11.7. The van der Waals surface area contributed by atoms with E-state index in [2.05, 4.69) is 4.98 Å². The molecule has 0 aromatic carbocycles. The Bertz CT molecular complexity index is 687. The van der Waals surface area contributed by atoms with Gasteiger partial charge in [-0.1, -0.05) is 0 Å². The summed E-state index contributed by atoms with van der Waals surface area (Å²) >= 11 is 1.52. The first kappa shape index (κ1) is 13.5. The number of aromatic carboxylic acids is 1. The smallest absolute Gasteiger partial charge is 0.337 e. The quantitative estimate of drug-likeness (QED) is 0.934. The summed E-state index contributed by atoms with van der Waals surface area (Å²) in [4.78, 5) is 28.2. The molecule has 2 aromatic rings. The molecule has 0 aliphatic heterocycles. The highest BCUT2D eigenvalue weighted by Crippen LogP contribution is 2.26. The number of carboxylic acid groups (broad SMARTS) is 1. The number of pyridine rings is 1. The molecule has 2 rings (SSSR count). The van der Waals surface area contributed by atoms with Crippen LogP contribution in [-0.4, -0.2) is 20.6 Å². The van der Waals surface area contributed by atoms with Crippen LogP contribution in [0.3, 0.4) is 0 Å². The van der Waals surface area contributed by atoms with E-state index in [1.54, 1.807) is 0 Å². The third-order valence-corrected chi connectivity index (χ3v) is 4.16. The van der Waals surface area contributed by atoms with Crippen LogP contribution < -0.4 is 5.56 Å². The molecule has 100 valence electrons. The van der Waals surface area contributed by atoms with Crippen LogP contribution in [0, 0.1) is 13.8 Å². The van der Waals surface area contributed by atoms with Crippen molar-refractivity contribution < 1.29 is 9.90 Å². The van der Waals surface area contributed by atoms with E-state index in [1.807, 2.05) is 20.8 Å². The summed E-state index contributed by atoms with van der Waals surface area (Å²) in [7, 11) is 0. The van der Waals surface area contributed by atoms with Gasteiger partial charge in [0.05, 0.1) is 27.2 Å². The van der Waals surface area contributed by atoms with Gasteiger partial charge in [-0.25, -0.2) is 9.78 Å². The van der Waals surface area contributed by atoms with E-state index in [-0.39, 0.29) is 17.2 Å². The van der Waals surface area contributed by atoms with Crippen molar-refractivity contribution in [1.29, 1.82) is 0 Å². The summed E-state index contributed by atoms with van der Waals surface area (Å²) in [6, 6.07) is 2.37. The van der Waals surface area contributed by atoms with Gasteiger partial charge in [-0.15, -0.1) is 11.3 Å². The summed E-state index contributed by atoms with van der Waals surface area (Å²) in [6.45, 7) is 5.67. The molecule has 0 amide bonds. The second kappa shape index (κ2) is 4.97. The minimum absolute atomic E-state index is 0.102. The second-order valence-electron chi connectivity index (χ2n) is 4.33. The van der Waals surface area contributed by atoms with Crippen molar-refractivity contribution in [2.24, 2.45) is 0 Å². The molecular weight excluding hydrogens is 264 g/mol. The van der Waals surface area contributed by atoms with Gasteiger partial charge < -0.3 is 9.67 Å². The number of nitrogens with zero attached hydrogens (tertiary/aromatic N) is 2. The predicted octanol–water partition coefficient (Wildman–Crippen LogP) is 2.23. The van der Waals surface area contributed by atoms with Crippen molar-refractivity contribution in [3.8, 4) is 0 Å². The standard InChI is InChI=1S/C13H14N2O3S/c1-7-12(19-9(3)14-7)8(2)15-6-10(13(17)18)4-5-11(15)16/h4-6,8H,1-3H3,(H,17,18). The molecule has 0 saturated carbocycles. The van der Waals surface area contributed by atoms with E-state index in [0.717, 1.165) is 15.6 Å². The number of rotatable bonds is 3. The number of carbonyl (C=O) groups is 1. The second-order valence-corrected chi connectivity index (χ2v) is 5.56. The number of aryl methyl sites for hydroxylation is 2. The maximum Gasteiger partial charge on any atom is 0.337 e. The van der Waals surface area contributed by atoms with Crippen molar-refractivity contribution in [2.75, 3.05) is 0 Å². The Kier molecular flexibility index (Phi) is 3.53. The molecule has 0 spiro atoms. The molecule has 5 nitrogen and oxygen atoms in total. The number of hydrogen-bond donors (Lipinski definition) is 1. The lowest BCUT2D eigenvalue weighted by Gasteiger charge is -2.14. The highest BCUT2D eigenvalue weighted by atomic mass is 32.1. The fraction of sp³-hybridized carbons (Fsp3) is 0.308. The van der Waals surface area contributed by atoms with E-state index >= 15 is 0 Å². The summed E-state index contributed by atoms with van der Waals surface area (Å²) in [5, 5.41) is 9.92. The van der Waals surface area contributed by atoms with Crippen molar-refractivity contribution in [3.05, 3.63) is 49.8 Å². The minimum atomic E-state index is -1.04. The summed E-state index contributed by atoms with van der Waals surface area (Å²) in [5.41, 5.74) is 0.760. The van der Waals surface area contributed by atoms with Crippen molar-refractivity contribution >= 4 is 17.3 Å². The fourth-order valence-corrected chi connectivity index (χ4v) is 2.97. The monoisotopic (exact) mass is 278 g/mol. The molecule has 0 radical (unpaired) electrons. The Balaban J connectivity index is 2.52. The molecule has 0 bridgehead atoms. The number of hydrogen-bond acceptors (Lipinski definition) is 4. The van der Waals surface area contributed by atoms with Crippen LogP contribution in [-0.2, 0) is 0 Å². The largest absolute Gasteiger partial charge is 0.478 e. The van der Waals surface area contributed by atoms with E-state index in [1.165, 1.54) is 34.2 Å². The Hall–Kier alpha value is -1.95. The molecule has 1 unspecified atom stereocenters. The van der Waals surface area contributed by atoms with E-state index in [9.17, 15) is 9.59 Å². The Labute approximate surface area is 114 Å². The van der Waals surface area contributed by atoms with Crippen molar-refractivity contribution in [2.45, 2.75) is 26.8 Å². The van der Waals surface area contributed by atoms with Gasteiger partial charge in [-0.05, 0) is 26.8 Å². The van der Waals surface area contributed by atoms with Crippen LogP contribution in [0.1, 0.15) is 38.9 Å². The minimum Gasteiger partial charge on any atom is -0.478 e. The molecule has 0 saturated heterocycles. The normalized spacial score (nSPS) is 12.4. The lowest BCUT2D eigenvalue weighted by Crippen LogP contribution is -2.23. The van der Waals surface area contributed by atoms with Crippen molar-refractivity contribution in [1.82, 2.24) is 9.55 Å². The first-order chi connectivity index (χ1) is 8.90. The molecule has 1 N–H and O–H groups in total. The summed E-state index contributed by atoms with van der Waals surface area (Å²) in [5.74, 6) is -1.04. The first-order valence-electron chi connectivity index (χ1n) is 5.79. The molecule has 19 heavy (non-hydrogen) atoms. The fourth-order valence-electron chi connectivity index (χ4n) is 1.99. The van der Waals surface area contributed by atoms with E-state index < -0.39 is 5.97 Å². The lowest BCUT2D eigenvalue weighted by molar-refractivity contribution is 0.0695. The van der Waals surface area contributed by atoms with Gasteiger partial charge in [0.25, 0.3) is 5.56 Å². The maximum atomic E-state index is 11.9. The number of thiazole rings is 1. The van der Waals surface area contributed by atoms with Crippen molar-refractivity contribution in [3.63, 3.8) is 0 Å². The zero-order chi connectivity index (χ0) is 14.2. The van der Waals surface area contributed by atoms with Crippen LogP contribution in [0.4, 0.5) is 0 Å². The van der Waals surface area contributed by atoms with Gasteiger partial charge in [0.15, 0.2) is 0 Å². The van der Waals surface area contributed by atoms with Gasteiger partial charge in [0.1, 0.15) is 0 Å². The Morgan fingerprint density at radius 2 is 2.11 bits per heavy atom. The average Bonchev–Trinajstić information content (AvgIpc) is 2.68. The van der Waals surface area contributed by atoms with Gasteiger partial charge in [0, 0.05) is 12.3 Å². The Morgan fingerprint density at radius 3 is 2.63 bits per heavy atom. The zero-order valence-electron chi connectivity index (χ0n) is 10.9.